The van der Waals surface area contributed by atoms with E-state index in [1.807, 2.05) is 19.1 Å². The molecule has 0 bridgehead atoms. The predicted molar refractivity (Wildman–Crippen MR) is 74.3 cm³/mol. The first-order valence-electron chi connectivity index (χ1n) is 6.84. The molecule has 2 rings (SSSR count). The van der Waals surface area contributed by atoms with Crippen LogP contribution in [0.4, 0.5) is 5.82 Å². The molecule has 19 heavy (non-hydrogen) atoms. The molecule has 104 valence electrons. The number of pyridine rings is 1. The minimum Gasteiger partial charge on any atom is -0.376 e. The Morgan fingerprint density at radius 1 is 1.53 bits per heavy atom. The van der Waals surface area contributed by atoms with Gasteiger partial charge in [0.25, 0.3) is 5.91 Å². The lowest BCUT2D eigenvalue weighted by Crippen LogP contribution is -2.39. The number of nitrogens with zero attached hydrogens (tertiary/aromatic N) is 1. The van der Waals surface area contributed by atoms with Gasteiger partial charge >= 0.3 is 0 Å². The second kappa shape index (κ2) is 6.52. The van der Waals surface area contributed by atoms with Gasteiger partial charge in [-0.2, -0.15) is 0 Å². The number of hydrogen-bond acceptors (Lipinski definition) is 4. The highest BCUT2D eigenvalue weighted by molar-refractivity contribution is 5.92. The Labute approximate surface area is 113 Å². The molecule has 0 radical (unpaired) electrons. The van der Waals surface area contributed by atoms with Gasteiger partial charge < -0.3 is 15.4 Å². The number of rotatable bonds is 5. The van der Waals surface area contributed by atoms with E-state index in [0.717, 1.165) is 25.2 Å². The van der Waals surface area contributed by atoms with Crippen molar-refractivity contribution in [2.75, 3.05) is 18.5 Å². The Morgan fingerprint density at radius 3 is 3.05 bits per heavy atom. The average Bonchev–Trinajstić information content (AvgIpc) is 2.82. The number of nitrogens with one attached hydrogen (secondary N) is 2. The van der Waals surface area contributed by atoms with Gasteiger partial charge in [-0.1, -0.05) is 13.0 Å². The minimum absolute atomic E-state index is 0.0744. The number of anilines is 1. The summed E-state index contributed by atoms with van der Waals surface area (Å²) < 4.78 is 5.43. The molecule has 0 aliphatic carbocycles. The van der Waals surface area contributed by atoms with Crippen LogP contribution in [0, 0.1) is 0 Å². The standard InChI is InChI=1S/C14H21N3O2/c1-3-8-15-13-6-4-5-12(16-13)14(18)17-11-7-9-19-10(11)2/h4-6,10-11H,3,7-9H2,1-2H3,(H,15,16)(H,17,18). The topological polar surface area (TPSA) is 63.2 Å². The fraction of sp³-hybridized carbons (Fsp3) is 0.571. The van der Waals surface area contributed by atoms with Crippen molar-refractivity contribution in [2.45, 2.75) is 38.8 Å². The molecule has 5 nitrogen and oxygen atoms in total. The lowest BCUT2D eigenvalue weighted by Gasteiger charge is -2.15. The molecule has 2 unspecified atom stereocenters. The van der Waals surface area contributed by atoms with Crippen LogP contribution in [-0.2, 0) is 4.74 Å². The van der Waals surface area contributed by atoms with Gasteiger partial charge in [-0.25, -0.2) is 4.98 Å². The third kappa shape index (κ3) is 3.67. The van der Waals surface area contributed by atoms with Crippen LogP contribution in [-0.4, -0.2) is 36.2 Å². The second-order valence-electron chi connectivity index (χ2n) is 4.78. The molecule has 1 amide bonds. The maximum atomic E-state index is 12.1. The lowest BCUT2D eigenvalue weighted by molar-refractivity contribution is 0.0862. The van der Waals surface area contributed by atoms with Crippen molar-refractivity contribution in [3.05, 3.63) is 23.9 Å². The van der Waals surface area contributed by atoms with Crippen LogP contribution in [0.3, 0.4) is 0 Å². The van der Waals surface area contributed by atoms with E-state index in [4.69, 9.17) is 4.74 Å². The Kier molecular flexibility index (Phi) is 4.74. The summed E-state index contributed by atoms with van der Waals surface area (Å²) in [6.07, 6.45) is 1.96. The summed E-state index contributed by atoms with van der Waals surface area (Å²) in [5.41, 5.74) is 0.445. The van der Waals surface area contributed by atoms with Crippen LogP contribution in [0.5, 0.6) is 0 Å². The fourth-order valence-electron chi connectivity index (χ4n) is 2.08. The molecule has 1 aliphatic rings. The number of amides is 1. The average molecular weight is 263 g/mol. The number of aromatic nitrogens is 1. The Balaban J connectivity index is 1.98. The number of hydrogen-bond donors (Lipinski definition) is 2. The molecule has 1 aliphatic heterocycles. The highest BCUT2D eigenvalue weighted by atomic mass is 16.5. The Morgan fingerprint density at radius 2 is 2.37 bits per heavy atom. The molecule has 5 heteroatoms. The van der Waals surface area contributed by atoms with Crippen LogP contribution in [0.2, 0.25) is 0 Å². The molecule has 2 heterocycles. The molecule has 2 atom stereocenters. The van der Waals surface area contributed by atoms with Crippen molar-refractivity contribution in [3.63, 3.8) is 0 Å². The van der Waals surface area contributed by atoms with Gasteiger partial charge in [-0.3, -0.25) is 4.79 Å². The molecule has 1 aromatic heterocycles. The predicted octanol–water partition coefficient (Wildman–Crippen LogP) is 1.81. The van der Waals surface area contributed by atoms with Gasteiger partial charge in [0, 0.05) is 13.2 Å². The second-order valence-corrected chi connectivity index (χ2v) is 4.78. The fourth-order valence-corrected chi connectivity index (χ4v) is 2.08. The molecule has 0 aromatic carbocycles. The minimum atomic E-state index is -0.137. The summed E-state index contributed by atoms with van der Waals surface area (Å²) in [5, 5.41) is 6.15. The van der Waals surface area contributed by atoms with Gasteiger partial charge in [0.2, 0.25) is 0 Å². The van der Waals surface area contributed by atoms with Crippen LogP contribution in [0.25, 0.3) is 0 Å². The van der Waals surface area contributed by atoms with E-state index in [1.54, 1.807) is 6.07 Å². The van der Waals surface area contributed by atoms with E-state index in [-0.39, 0.29) is 18.1 Å². The molecule has 2 N–H and O–H groups in total. The first-order chi connectivity index (χ1) is 9.20. The first kappa shape index (κ1) is 13.8. The smallest absolute Gasteiger partial charge is 0.270 e. The molecule has 1 saturated heterocycles. The van der Waals surface area contributed by atoms with Crippen molar-refractivity contribution >= 4 is 11.7 Å². The van der Waals surface area contributed by atoms with E-state index < -0.39 is 0 Å². The number of carbonyl (C=O) groups excluding carboxylic acids is 1. The summed E-state index contributed by atoms with van der Waals surface area (Å²) in [6, 6.07) is 5.52. The van der Waals surface area contributed by atoms with E-state index in [9.17, 15) is 4.79 Å². The van der Waals surface area contributed by atoms with Gasteiger partial charge in [0.05, 0.1) is 12.1 Å². The molecule has 0 saturated carbocycles. The van der Waals surface area contributed by atoms with Gasteiger partial charge in [-0.05, 0) is 31.9 Å². The largest absolute Gasteiger partial charge is 0.376 e. The zero-order valence-corrected chi connectivity index (χ0v) is 11.5. The van der Waals surface area contributed by atoms with E-state index in [2.05, 4.69) is 22.5 Å². The Bertz CT molecular complexity index is 436. The summed E-state index contributed by atoms with van der Waals surface area (Å²) in [5.74, 6) is 0.604. The monoisotopic (exact) mass is 263 g/mol. The van der Waals surface area contributed by atoms with Crippen molar-refractivity contribution in [2.24, 2.45) is 0 Å². The summed E-state index contributed by atoms with van der Waals surface area (Å²) in [7, 11) is 0. The first-order valence-corrected chi connectivity index (χ1v) is 6.84. The highest BCUT2D eigenvalue weighted by Crippen LogP contribution is 2.13. The van der Waals surface area contributed by atoms with Crippen molar-refractivity contribution in [1.82, 2.24) is 10.3 Å². The highest BCUT2D eigenvalue weighted by Gasteiger charge is 2.26. The summed E-state index contributed by atoms with van der Waals surface area (Å²) >= 11 is 0. The zero-order chi connectivity index (χ0) is 13.7. The molecular formula is C14H21N3O2. The lowest BCUT2D eigenvalue weighted by atomic mass is 10.1. The molecule has 0 spiro atoms. The number of carbonyl (C=O) groups is 1. The van der Waals surface area contributed by atoms with Crippen LogP contribution in [0.15, 0.2) is 18.2 Å². The van der Waals surface area contributed by atoms with Crippen LogP contribution >= 0.6 is 0 Å². The Hall–Kier alpha value is -1.62. The molecular weight excluding hydrogens is 242 g/mol. The SMILES string of the molecule is CCCNc1cccc(C(=O)NC2CCOC2C)n1. The third-order valence-corrected chi connectivity index (χ3v) is 3.23. The normalized spacial score (nSPS) is 22.2. The summed E-state index contributed by atoms with van der Waals surface area (Å²) in [6.45, 7) is 5.62. The summed E-state index contributed by atoms with van der Waals surface area (Å²) in [4.78, 5) is 16.4. The maximum Gasteiger partial charge on any atom is 0.270 e. The zero-order valence-electron chi connectivity index (χ0n) is 11.5. The van der Waals surface area contributed by atoms with Gasteiger partial charge in [0.15, 0.2) is 0 Å². The van der Waals surface area contributed by atoms with Gasteiger partial charge in [0.1, 0.15) is 11.5 Å². The maximum absolute atomic E-state index is 12.1. The van der Waals surface area contributed by atoms with Crippen molar-refractivity contribution in [1.29, 1.82) is 0 Å². The molecule has 1 fully saturated rings. The quantitative estimate of drug-likeness (QED) is 0.850. The number of ether oxygens (including phenoxy) is 1. The van der Waals surface area contributed by atoms with E-state index in [0.29, 0.717) is 12.3 Å². The van der Waals surface area contributed by atoms with Crippen LogP contribution < -0.4 is 10.6 Å². The van der Waals surface area contributed by atoms with E-state index in [1.165, 1.54) is 0 Å². The molecule has 1 aromatic rings. The van der Waals surface area contributed by atoms with E-state index >= 15 is 0 Å². The third-order valence-electron chi connectivity index (χ3n) is 3.23. The van der Waals surface area contributed by atoms with Crippen LogP contribution in [0.1, 0.15) is 37.2 Å². The van der Waals surface area contributed by atoms with Crippen molar-refractivity contribution in [3.8, 4) is 0 Å². The van der Waals surface area contributed by atoms with Gasteiger partial charge in [-0.15, -0.1) is 0 Å². The van der Waals surface area contributed by atoms with Crippen molar-refractivity contribution < 1.29 is 9.53 Å².